The standard InChI is InChI=1S/C7H8O4S/c1-5-3-2-4-6(8)7(5)12(9,10)11/h2-4,8H,1H3,(H,9,10,11)/p-1. The van der Waals surface area contributed by atoms with Gasteiger partial charge in [0.15, 0.2) is 0 Å². The van der Waals surface area contributed by atoms with Crippen molar-refractivity contribution in [3.8, 4) is 5.75 Å². The van der Waals surface area contributed by atoms with Crippen molar-refractivity contribution in [2.75, 3.05) is 0 Å². The van der Waals surface area contributed by atoms with E-state index in [2.05, 4.69) is 0 Å². The fourth-order valence-electron chi connectivity index (χ4n) is 0.962. The van der Waals surface area contributed by atoms with Crippen molar-refractivity contribution in [3.05, 3.63) is 23.8 Å². The van der Waals surface area contributed by atoms with Crippen molar-refractivity contribution >= 4 is 10.1 Å². The monoisotopic (exact) mass is 187 g/mol. The topological polar surface area (TPSA) is 77.4 Å². The molecular formula is C7H7O4S-. The number of aromatic hydroxyl groups is 1. The van der Waals surface area contributed by atoms with E-state index >= 15 is 0 Å². The molecule has 0 aliphatic carbocycles. The summed E-state index contributed by atoms with van der Waals surface area (Å²) in [4.78, 5) is -0.537. The lowest BCUT2D eigenvalue weighted by molar-refractivity contribution is 0.434. The van der Waals surface area contributed by atoms with Crippen molar-refractivity contribution < 1.29 is 18.1 Å². The van der Waals surface area contributed by atoms with E-state index in [-0.39, 0.29) is 5.56 Å². The molecule has 66 valence electrons. The van der Waals surface area contributed by atoms with Gasteiger partial charge in [0.2, 0.25) is 0 Å². The van der Waals surface area contributed by atoms with E-state index in [4.69, 9.17) is 5.11 Å². The molecule has 0 unspecified atom stereocenters. The van der Waals surface area contributed by atoms with E-state index in [1.807, 2.05) is 0 Å². The fourth-order valence-corrected chi connectivity index (χ4v) is 1.75. The molecule has 0 saturated heterocycles. The number of phenols is 1. The van der Waals surface area contributed by atoms with Gasteiger partial charge in [0.05, 0.1) is 4.90 Å². The van der Waals surface area contributed by atoms with Crippen molar-refractivity contribution in [2.24, 2.45) is 0 Å². The molecule has 0 atom stereocenters. The second kappa shape index (κ2) is 2.76. The highest BCUT2D eigenvalue weighted by atomic mass is 32.2. The summed E-state index contributed by atoms with van der Waals surface area (Å²) in [5.74, 6) is -0.495. The molecule has 1 N–H and O–H groups in total. The van der Waals surface area contributed by atoms with Crippen LogP contribution in [0.5, 0.6) is 5.75 Å². The van der Waals surface area contributed by atoms with Crippen molar-refractivity contribution in [1.29, 1.82) is 0 Å². The van der Waals surface area contributed by atoms with Crippen molar-refractivity contribution in [2.45, 2.75) is 11.8 Å². The van der Waals surface area contributed by atoms with Gasteiger partial charge < -0.3 is 9.66 Å². The minimum absolute atomic E-state index is 0.255. The number of benzene rings is 1. The van der Waals surface area contributed by atoms with Gasteiger partial charge in [-0.2, -0.15) is 0 Å². The number of hydrogen-bond acceptors (Lipinski definition) is 4. The molecule has 0 spiro atoms. The molecular weight excluding hydrogens is 180 g/mol. The van der Waals surface area contributed by atoms with Crippen LogP contribution in [0, 0.1) is 6.92 Å². The zero-order valence-corrected chi connectivity index (χ0v) is 7.13. The molecule has 1 aromatic carbocycles. The summed E-state index contributed by atoms with van der Waals surface area (Å²) in [5.41, 5.74) is 0.255. The molecule has 12 heavy (non-hydrogen) atoms. The highest BCUT2D eigenvalue weighted by molar-refractivity contribution is 7.85. The molecule has 5 heteroatoms. The Hall–Kier alpha value is -1.07. The van der Waals surface area contributed by atoms with Gasteiger partial charge in [-0.25, -0.2) is 8.42 Å². The van der Waals surface area contributed by atoms with E-state index < -0.39 is 20.8 Å². The quantitative estimate of drug-likeness (QED) is 0.653. The Morgan fingerprint density at radius 1 is 1.42 bits per heavy atom. The minimum atomic E-state index is -4.56. The predicted molar refractivity (Wildman–Crippen MR) is 40.8 cm³/mol. The number of hydrogen-bond donors (Lipinski definition) is 1. The van der Waals surface area contributed by atoms with Gasteiger partial charge in [0.1, 0.15) is 15.9 Å². The lowest BCUT2D eigenvalue weighted by Gasteiger charge is -2.11. The maximum Gasteiger partial charge on any atom is 0.133 e. The van der Waals surface area contributed by atoms with E-state index in [1.165, 1.54) is 19.1 Å². The maximum atomic E-state index is 10.6. The fraction of sp³-hybridized carbons (Fsp3) is 0.143. The van der Waals surface area contributed by atoms with Gasteiger partial charge in [0.25, 0.3) is 0 Å². The zero-order chi connectivity index (χ0) is 9.35. The Balaban J connectivity index is 3.53. The Labute approximate surface area is 70.2 Å². The first kappa shape index (κ1) is 9.02. The summed E-state index contributed by atoms with van der Waals surface area (Å²) in [6.07, 6.45) is 0. The minimum Gasteiger partial charge on any atom is -0.744 e. The molecule has 0 aliphatic rings. The van der Waals surface area contributed by atoms with Crippen LogP contribution in [-0.4, -0.2) is 18.1 Å². The first-order valence-corrected chi connectivity index (χ1v) is 4.58. The van der Waals surface area contributed by atoms with Gasteiger partial charge in [0, 0.05) is 0 Å². The van der Waals surface area contributed by atoms with Crippen LogP contribution < -0.4 is 0 Å². The number of aryl methyl sites for hydroxylation is 1. The van der Waals surface area contributed by atoms with Crippen LogP contribution in [0.1, 0.15) is 5.56 Å². The molecule has 0 amide bonds. The highest BCUT2D eigenvalue weighted by Gasteiger charge is 2.10. The highest BCUT2D eigenvalue weighted by Crippen LogP contribution is 2.24. The predicted octanol–water partition coefficient (Wildman–Crippen LogP) is 0.605. The third-order valence-corrected chi connectivity index (χ3v) is 2.47. The molecule has 0 heterocycles. The lowest BCUT2D eigenvalue weighted by Crippen LogP contribution is -2.01. The van der Waals surface area contributed by atoms with E-state index in [9.17, 15) is 13.0 Å². The molecule has 1 aromatic rings. The van der Waals surface area contributed by atoms with Gasteiger partial charge >= 0.3 is 0 Å². The normalized spacial score (nSPS) is 11.5. The van der Waals surface area contributed by atoms with E-state index in [0.29, 0.717) is 0 Å². The summed E-state index contributed by atoms with van der Waals surface area (Å²) >= 11 is 0. The maximum absolute atomic E-state index is 10.6. The van der Waals surface area contributed by atoms with Gasteiger partial charge in [-0.05, 0) is 18.6 Å². The number of rotatable bonds is 1. The van der Waals surface area contributed by atoms with E-state index in [0.717, 1.165) is 6.07 Å². The Morgan fingerprint density at radius 2 is 2.00 bits per heavy atom. The van der Waals surface area contributed by atoms with Crippen molar-refractivity contribution in [1.82, 2.24) is 0 Å². The third-order valence-electron chi connectivity index (χ3n) is 1.44. The van der Waals surface area contributed by atoms with Gasteiger partial charge in [-0.3, -0.25) is 0 Å². The molecule has 0 aromatic heterocycles. The van der Waals surface area contributed by atoms with Crippen LogP contribution in [0.3, 0.4) is 0 Å². The molecule has 0 saturated carbocycles. The van der Waals surface area contributed by atoms with Crippen LogP contribution in [0.4, 0.5) is 0 Å². The smallest absolute Gasteiger partial charge is 0.133 e. The van der Waals surface area contributed by atoms with Crippen LogP contribution in [-0.2, 0) is 10.1 Å². The lowest BCUT2D eigenvalue weighted by atomic mass is 10.2. The number of phenolic OH excluding ortho intramolecular Hbond substituents is 1. The first-order chi connectivity index (χ1) is 5.43. The summed E-state index contributed by atoms with van der Waals surface area (Å²) in [6, 6.07) is 4.08. The Kier molecular flexibility index (Phi) is 2.08. The average molecular weight is 187 g/mol. The molecule has 0 aliphatic heterocycles. The van der Waals surface area contributed by atoms with Crippen molar-refractivity contribution in [3.63, 3.8) is 0 Å². The van der Waals surface area contributed by atoms with Gasteiger partial charge in [-0.15, -0.1) is 0 Å². The van der Waals surface area contributed by atoms with Crippen LogP contribution in [0.25, 0.3) is 0 Å². The largest absolute Gasteiger partial charge is 0.744 e. The second-order valence-corrected chi connectivity index (χ2v) is 3.69. The summed E-state index contributed by atoms with van der Waals surface area (Å²) in [6.45, 7) is 1.45. The molecule has 0 bridgehead atoms. The SMILES string of the molecule is Cc1cccc(O)c1S(=O)(=O)[O-]. The molecule has 0 fully saturated rings. The molecule has 4 nitrogen and oxygen atoms in total. The summed E-state index contributed by atoms with van der Waals surface area (Å²) in [5, 5.41) is 9.05. The van der Waals surface area contributed by atoms with Gasteiger partial charge in [-0.1, -0.05) is 12.1 Å². The van der Waals surface area contributed by atoms with Crippen LogP contribution in [0.2, 0.25) is 0 Å². The average Bonchev–Trinajstić information content (AvgIpc) is 1.82. The van der Waals surface area contributed by atoms with Crippen LogP contribution in [0.15, 0.2) is 23.1 Å². The Bertz CT molecular complexity index is 374. The summed E-state index contributed by atoms with van der Waals surface area (Å²) in [7, 11) is -4.56. The zero-order valence-electron chi connectivity index (χ0n) is 6.31. The molecule has 0 radical (unpaired) electrons. The van der Waals surface area contributed by atoms with Crippen LogP contribution >= 0.6 is 0 Å². The third kappa shape index (κ3) is 1.57. The first-order valence-electron chi connectivity index (χ1n) is 3.17. The second-order valence-electron chi connectivity index (χ2n) is 2.38. The van der Waals surface area contributed by atoms with E-state index in [1.54, 1.807) is 0 Å². The Morgan fingerprint density at radius 3 is 2.33 bits per heavy atom. The summed E-state index contributed by atoms with van der Waals surface area (Å²) < 4.78 is 31.7. The molecule has 1 rings (SSSR count).